The third-order valence-electron chi connectivity index (χ3n) is 3.84. The number of carbonyl (C=O) groups is 3. The topological polar surface area (TPSA) is 78.9 Å². The van der Waals surface area contributed by atoms with Gasteiger partial charge < -0.3 is 14.2 Å². The summed E-state index contributed by atoms with van der Waals surface area (Å²) >= 11 is 0. The van der Waals surface area contributed by atoms with Crippen LogP contribution < -0.4 is 0 Å². The Labute approximate surface area is 137 Å². The van der Waals surface area contributed by atoms with Gasteiger partial charge in [0.05, 0.1) is 26.1 Å². The second kappa shape index (κ2) is 8.70. The molecule has 0 spiro atoms. The van der Waals surface area contributed by atoms with E-state index in [4.69, 9.17) is 9.47 Å². The molecule has 1 fully saturated rings. The average molecular weight is 326 g/mol. The molecule has 0 aromatic heterocycles. The predicted molar refractivity (Wildman–Crippen MR) is 83.3 cm³/mol. The van der Waals surface area contributed by atoms with Crippen LogP contribution in [0.15, 0.2) is 12.2 Å². The van der Waals surface area contributed by atoms with Crippen LogP contribution >= 0.6 is 0 Å². The van der Waals surface area contributed by atoms with E-state index in [2.05, 4.69) is 25.2 Å². The van der Waals surface area contributed by atoms with Gasteiger partial charge >= 0.3 is 17.9 Å². The summed E-state index contributed by atoms with van der Waals surface area (Å²) in [6, 6.07) is 0. The smallest absolute Gasteiger partial charge is 0.333 e. The molecule has 3 unspecified atom stereocenters. The van der Waals surface area contributed by atoms with Crippen molar-refractivity contribution >= 4 is 17.9 Å². The van der Waals surface area contributed by atoms with Crippen molar-refractivity contribution in [3.63, 3.8) is 0 Å². The highest BCUT2D eigenvalue weighted by Gasteiger charge is 2.40. The maximum Gasteiger partial charge on any atom is 0.333 e. The zero-order valence-corrected chi connectivity index (χ0v) is 14.3. The van der Waals surface area contributed by atoms with Crippen LogP contribution in [0.3, 0.4) is 0 Å². The fourth-order valence-electron chi connectivity index (χ4n) is 2.65. The second-order valence-electron chi connectivity index (χ2n) is 6.46. The van der Waals surface area contributed by atoms with Gasteiger partial charge in [0.1, 0.15) is 6.10 Å². The van der Waals surface area contributed by atoms with Crippen LogP contribution in [0, 0.1) is 17.8 Å². The van der Waals surface area contributed by atoms with Crippen molar-refractivity contribution in [3.05, 3.63) is 12.2 Å². The quantitative estimate of drug-likeness (QED) is 0.387. The molecule has 0 bridgehead atoms. The Bertz CT molecular complexity index is 468. The Morgan fingerprint density at radius 3 is 2.57 bits per heavy atom. The molecular weight excluding hydrogens is 300 g/mol. The molecule has 6 nitrogen and oxygen atoms in total. The van der Waals surface area contributed by atoms with Crippen molar-refractivity contribution in [2.24, 2.45) is 17.8 Å². The summed E-state index contributed by atoms with van der Waals surface area (Å²) in [5.74, 6) is -1.48. The van der Waals surface area contributed by atoms with E-state index in [0.717, 1.165) is 6.42 Å². The van der Waals surface area contributed by atoms with Crippen molar-refractivity contribution in [2.45, 2.75) is 46.1 Å². The monoisotopic (exact) mass is 326 g/mol. The molecule has 130 valence electrons. The SMILES string of the molecule is C=C(C)C(=O)OCC(CC(C)C)C1CC(CC(=O)OC)C(=O)O1. The van der Waals surface area contributed by atoms with E-state index in [1.807, 2.05) is 0 Å². The molecule has 0 amide bonds. The molecule has 0 aromatic rings. The Kier molecular flexibility index (Phi) is 7.26. The van der Waals surface area contributed by atoms with E-state index in [0.29, 0.717) is 17.9 Å². The molecule has 0 saturated carbocycles. The minimum Gasteiger partial charge on any atom is -0.469 e. The second-order valence-corrected chi connectivity index (χ2v) is 6.46. The van der Waals surface area contributed by atoms with Gasteiger partial charge in [0.25, 0.3) is 0 Å². The summed E-state index contributed by atoms with van der Waals surface area (Å²) in [4.78, 5) is 34.8. The number of cyclic esters (lactones) is 1. The Balaban J connectivity index is 2.68. The molecule has 1 aliphatic rings. The lowest BCUT2D eigenvalue weighted by Gasteiger charge is -2.24. The number of hydrogen-bond acceptors (Lipinski definition) is 6. The number of hydrogen-bond donors (Lipinski definition) is 0. The highest BCUT2D eigenvalue weighted by Crippen LogP contribution is 2.32. The molecule has 1 heterocycles. The lowest BCUT2D eigenvalue weighted by Crippen LogP contribution is -2.28. The van der Waals surface area contributed by atoms with E-state index in [1.165, 1.54) is 7.11 Å². The van der Waals surface area contributed by atoms with Gasteiger partial charge in [-0.1, -0.05) is 20.4 Å². The fraction of sp³-hybridized carbons (Fsp3) is 0.706. The van der Waals surface area contributed by atoms with E-state index in [9.17, 15) is 14.4 Å². The third kappa shape index (κ3) is 6.04. The first-order chi connectivity index (χ1) is 10.7. The molecular formula is C17H26O6. The first-order valence-corrected chi connectivity index (χ1v) is 7.84. The van der Waals surface area contributed by atoms with Crippen LogP contribution in [-0.2, 0) is 28.6 Å². The Hall–Kier alpha value is -1.85. The summed E-state index contributed by atoms with van der Waals surface area (Å²) in [6.07, 6.45) is 0.867. The van der Waals surface area contributed by atoms with Crippen molar-refractivity contribution in [2.75, 3.05) is 13.7 Å². The molecule has 1 aliphatic heterocycles. The van der Waals surface area contributed by atoms with E-state index in [1.54, 1.807) is 6.92 Å². The minimum absolute atomic E-state index is 0.0196. The average Bonchev–Trinajstić information content (AvgIpc) is 2.83. The largest absolute Gasteiger partial charge is 0.469 e. The number of carbonyl (C=O) groups excluding carboxylic acids is 3. The van der Waals surface area contributed by atoms with Crippen LogP contribution in [-0.4, -0.2) is 37.7 Å². The first kappa shape index (κ1) is 19.2. The third-order valence-corrected chi connectivity index (χ3v) is 3.84. The number of ether oxygens (including phenoxy) is 3. The maximum absolute atomic E-state index is 11.9. The summed E-state index contributed by atoms with van der Waals surface area (Å²) < 4.78 is 15.2. The Morgan fingerprint density at radius 2 is 2.04 bits per heavy atom. The number of esters is 3. The summed E-state index contributed by atoms with van der Waals surface area (Å²) in [7, 11) is 1.29. The molecule has 0 radical (unpaired) electrons. The van der Waals surface area contributed by atoms with Crippen LogP contribution in [0.5, 0.6) is 0 Å². The highest BCUT2D eigenvalue weighted by atomic mass is 16.6. The van der Waals surface area contributed by atoms with Gasteiger partial charge in [0.15, 0.2) is 0 Å². The lowest BCUT2D eigenvalue weighted by molar-refractivity contribution is -0.152. The van der Waals surface area contributed by atoms with Crippen molar-refractivity contribution in [1.82, 2.24) is 0 Å². The van der Waals surface area contributed by atoms with Crippen LogP contribution in [0.25, 0.3) is 0 Å². The van der Waals surface area contributed by atoms with Gasteiger partial charge in [0.2, 0.25) is 0 Å². The number of rotatable bonds is 8. The van der Waals surface area contributed by atoms with Gasteiger partial charge in [-0.25, -0.2) is 4.79 Å². The van der Waals surface area contributed by atoms with Crippen LogP contribution in [0.4, 0.5) is 0 Å². The molecule has 0 aromatic carbocycles. The maximum atomic E-state index is 11.9. The number of methoxy groups -OCH3 is 1. The minimum atomic E-state index is -0.487. The highest BCUT2D eigenvalue weighted by molar-refractivity contribution is 5.87. The molecule has 0 aliphatic carbocycles. The van der Waals surface area contributed by atoms with Gasteiger partial charge in [-0.05, 0) is 25.7 Å². The summed E-state index contributed by atoms with van der Waals surface area (Å²) in [5.41, 5.74) is 0.334. The van der Waals surface area contributed by atoms with Gasteiger partial charge in [-0.15, -0.1) is 0 Å². The van der Waals surface area contributed by atoms with Crippen molar-refractivity contribution in [1.29, 1.82) is 0 Å². The van der Waals surface area contributed by atoms with Gasteiger partial charge in [-0.3, -0.25) is 9.59 Å². The summed E-state index contributed by atoms with van der Waals surface area (Å²) in [6.45, 7) is 9.41. The van der Waals surface area contributed by atoms with E-state index >= 15 is 0 Å². The summed E-state index contributed by atoms with van der Waals surface area (Å²) in [5, 5.41) is 0. The predicted octanol–water partition coefficient (Wildman–Crippen LogP) is 2.26. The zero-order chi connectivity index (χ0) is 17.6. The first-order valence-electron chi connectivity index (χ1n) is 7.84. The molecule has 23 heavy (non-hydrogen) atoms. The van der Waals surface area contributed by atoms with Gasteiger partial charge in [0, 0.05) is 11.5 Å². The van der Waals surface area contributed by atoms with Gasteiger partial charge in [-0.2, -0.15) is 0 Å². The standard InChI is InChI=1S/C17H26O6/c1-10(2)6-13(9-22-16(19)11(3)4)14-7-12(17(20)23-14)8-15(18)21-5/h10,12-14H,3,6-9H2,1-2,4-5H3. The fourth-order valence-corrected chi connectivity index (χ4v) is 2.65. The molecule has 3 atom stereocenters. The van der Waals surface area contributed by atoms with E-state index < -0.39 is 17.9 Å². The zero-order valence-electron chi connectivity index (χ0n) is 14.3. The molecule has 1 saturated heterocycles. The van der Waals surface area contributed by atoms with Crippen LogP contribution in [0.2, 0.25) is 0 Å². The Morgan fingerprint density at radius 1 is 1.39 bits per heavy atom. The molecule has 1 rings (SSSR count). The van der Waals surface area contributed by atoms with Crippen LogP contribution in [0.1, 0.15) is 40.0 Å². The molecule has 6 heteroatoms. The lowest BCUT2D eigenvalue weighted by atomic mass is 9.88. The molecule has 0 N–H and O–H groups in total. The normalized spacial score (nSPS) is 21.7. The van der Waals surface area contributed by atoms with Crippen molar-refractivity contribution < 1.29 is 28.6 Å². The van der Waals surface area contributed by atoms with Crippen molar-refractivity contribution in [3.8, 4) is 0 Å². The van der Waals surface area contributed by atoms with E-state index in [-0.39, 0.29) is 31.0 Å².